The van der Waals surface area contributed by atoms with Crippen molar-refractivity contribution in [2.24, 2.45) is 0 Å². The summed E-state index contributed by atoms with van der Waals surface area (Å²) in [6, 6.07) is 10.1. The first-order chi connectivity index (χ1) is 9.31. The van der Waals surface area contributed by atoms with Crippen LogP contribution >= 0.6 is 11.6 Å². The number of nitrogens with one attached hydrogen (secondary N) is 1. The highest BCUT2D eigenvalue weighted by molar-refractivity contribution is 6.21. The van der Waals surface area contributed by atoms with E-state index in [9.17, 15) is 0 Å². The van der Waals surface area contributed by atoms with Crippen LogP contribution in [0.15, 0.2) is 36.7 Å². The molecule has 1 N–H and O–H groups in total. The maximum Gasteiger partial charge on any atom is 0.140 e. The van der Waals surface area contributed by atoms with Crippen LogP contribution in [-0.4, -0.2) is 21.3 Å². The first-order valence-electron chi connectivity index (χ1n) is 6.57. The van der Waals surface area contributed by atoms with Crippen molar-refractivity contribution < 1.29 is 0 Å². The van der Waals surface area contributed by atoms with Gasteiger partial charge in [0.25, 0.3) is 0 Å². The van der Waals surface area contributed by atoms with Gasteiger partial charge < -0.3 is 5.32 Å². The molecule has 0 bridgehead atoms. The molecule has 0 spiro atoms. The molecule has 19 heavy (non-hydrogen) atoms. The predicted molar refractivity (Wildman–Crippen MR) is 77.1 cm³/mol. The molecule has 1 heterocycles. The average molecular weight is 279 g/mol. The van der Waals surface area contributed by atoms with Gasteiger partial charge in [0, 0.05) is 13.1 Å². The highest BCUT2D eigenvalue weighted by Crippen LogP contribution is 2.18. The molecule has 0 amide bonds. The summed E-state index contributed by atoms with van der Waals surface area (Å²) < 4.78 is 1.93. The Morgan fingerprint density at radius 2 is 2.11 bits per heavy atom. The van der Waals surface area contributed by atoms with Gasteiger partial charge in [0.05, 0.1) is 11.9 Å². The van der Waals surface area contributed by atoms with Gasteiger partial charge >= 0.3 is 0 Å². The van der Waals surface area contributed by atoms with Crippen molar-refractivity contribution in [1.82, 2.24) is 20.1 Å². The Labute approximate surface area is 118 Å². The predicted octanol–water partition coefficient (Wildman–Crippen LogP) is 2.76. The minimum Gasteiger partial charge on any atom is -0.308 e. The van der Waals surface area contributed by atoms with E-state index in [0.29, 0.717) is 13.1 Å². The molecule has 0 saturated carbocycles. The minimum absolute atomic E-state index is 0.0243. The smallest absolute Gasteiger partial charge is 0.140 e. The molecular formula is C14H19ClN4. The molecule has 0 aliphatic rings. The number of aryl methyl sites for hydroxylation is 1. The van der Waals surface area contributed by atoms with E-state index in [1.54, 1.807) is 6.33 Å². The van der Waals surface area contributed by atoms with Crippen molar-refractivity contribution in [3.63, 3.8) is 0 Å². The lowest BCUT2D eigenvalue weighted by molar-refractivity contribution is 0.541. The van der Waals surface area contributed by atoms with Crippen LogP contribution in [0, 0.1) is 0 Å². The first-order valence-corrected chi connectivity index (χ1v) is 7.01. The highest BCUT2D eigenvalue weighted by atomic mass is 35.5. The normalized spacial score (nSPS) is 12.5. The first kappa shape index (κ1) is 14.0. The Morgan fingerprint density at radius 3 is 2.84 bits per heavy atom. The van der Waals surface area contributed by atoms with Gasteiger partial charge in [-0.1, -0.05) is 37.3 Å². The number of aromatic nitrogens is 3. The monoisotopic (exact) mass is 278 g/mol. The van der Waals surface area contributed by atoms with Crippen LogP contribution in [0.25, 0.3) is 0 Å². The molecule has 2 aromatic rings. The molecule has 0 fully saturated rings. The quantitative estimate of drug-likeness (QED) is 0.792. The lowest BCUT2D eigenvalue weighted by Gasteiger charge is -2.11. The SMILES string of the molecule is CCCn1ncnc1CNCC(Cl)c1ccccc1. The van der Waals surface area contributed by atoms with Gasteiger partial charge in [0.2, 0.25) is 0 Å². The number of nitrogens with zero attached hydrogens (tertiary/aromatic N) is 3. The van der Waals surface area contributed by atoms with E-state index in [1.807, 2.05) is 35.0 Å². The van der Waals surface area contributed by atoms with Crippen LogP contribution in [0.2, 0.25) is 0 Å². The van der Waals surface area contributed by atoms with Gasteiger partial charge in [-0.25, -0.2) is 9.67 Å². The average Bonchev–Trinajstić information content (AvgIpc) is 2.88. The van der Waals surface area contributed by atoms with Crippen LogP contribution in [0.3, 0.4) is 0 Å². The van der Waals surface area contributed by atoms with Crippen molar-refractivity contribution in [3.05, 3.63) is 48.0 Å². The molecule has 5 heteroatoms. The van der Waals surface area contributed by atoms with Gasteiger partial charge in [0.1, 0.15) is 12.2 Å². The zero-order valence-corrected chi connectivity index (χ0v) is 11.8. The largest absolute Gasteiger partial charge is 0.308 e. The van der Waals surface area contributed by atoms with E-state index in [4.69, 9.17) is 11.6 Å². The Kier molecular flexibility index (Phi) is 5.36. The van der Waals surface area contributed by atoms with Gasteiger partial charge in [-0.15, -0.1) is 11.6 Å². The third-order valence-electron chi connectivity index (χ3n) is 2.90. The second-order valence-corrected chi connectivity index (χ2v) is 4.94. The lowest BCUT2D eigenvalue weighted by Crippen LogP contribution is -2.21. The summed E-state index contributed by atoms with van der Waals surface area (Å²) in [5, 5.41) is 7.50. The third-order valence-corrected chi connectivity index (χ3v) is 3.31. The molecule has 1 aromatic heterocycles. The zero-order chi connectivity index (χ0) is 13.5. The summed E-state index contributed by atoms with van der Waals surface area (Å²) in [5.41, 5.74) is 1.13. The van der Waals surface area contributed by atoms with Crippen LogP contribution in [0.5, 0.6) is 0 Å². The fraction of sp³-hybridized carbons (Fsp3) is 0.429. The summed E-state index contributed by atoms with van der Waals surface area (Å²) in [6.45, 7) is 4.43. The fourth-order valence-electron chi connectivity index (χ4n) is 1.91. The van der Waals surface area contributed by atoms with E-state index in [0.717, 1.165) is 24.4 Å². The molecule has 0 saturated heterocycles. The lowest BCUT2D eigenvalue weighted by atomic mass is 10.1. The van der Waals surface area contributed by atoms with E-state index >= 15 is 0 Å². The van der Waals surface area contributed by atoms with E-state index in [1.165, 1.54) is 0 Å². The second kappa shape index (κ2) is 7.26. The Balaban J connectivity index is 1.81. The molecule has 4 nitrogen and oxygen atoms in total. The standard InChI is InChI=1S/C14H19ClN4/c1-2-8-19-14(17-11-18-19)10-16-9-13(15)12-6-4-3-5-7-12/h3-7,11,13,16H,2,8-10H2,1H3. The number of halogens is 1. The van der Waals surface area contributed by atoms with Crippen LogP contribution in [0.1, 0.15) is 30.1 Å². The molecular weight excluding hydrogens is 260 g/mol. The highest BCUT2D eigenvalue weighted by Gasteiger charge is 2.08. The van der Waals surface area contributed by atoms with Gasteiger partial charge in [0.15, 0.2) is 0 Å². The van der Waals surface area contributed by atoms with E-state index < -0.39 is 0 Å². The summed E-state index contributed by atoms with van der Waals surface area (Å²) in [7, 11) is 0. The topological polar surface area (TPSA) is 42.7 Å². The number of benzene rings is 1. The number of rotatable bonds is 7. The van der Waals surface area contributed by atoms with E-state index in [-0.39, 0.29) is 5.38 Å². The number of alkyl halides is 1. The van der Waals surface area contributed by atoms with Crippen molar-refractivity contribution >= 4 is 11.6 Å². The maximum atomic E-state index is 6.34. The molecule has 102 valence electrons. The van der Waals surface area contributed by atoms with Crippen LogP contribution < -0.4 is 5.32 Å². The van der Waals surface area contributed by atoms with Crippen molar-refractivity contribution in [2.75, 3.05) is 6.54 Å². The summed E-state index contributed by atoms with van der Waals surface area (Å²) in [6.07, 6.45) is 2.65. The molecule has 0 radical (unpaired) electrons. The molecule has 2 rings (SSSR count). The van der Waals surface area contributed by atoms with Crippen LogP contribution in [-0.2, 0) is 13.1 Å². The Bertz CT molecular complexity index is 483. The van der Waals surface area contributed by atoms with Crippen LogP contribution in [0.4, 0.5) is 0 Å². The summed E-state index contributed by atoms with van der Waals surface area (Å²) >= 11 is 6.34. The maximum absolute atomic E-state index is 6.34. The zero-order valence-electron chi connectivity index (χ0n) is 11.1. The fourth-order valence-corrected chi connectivity index (χ4v) is 2.17. The van der Waals surface area contributed by atoms with Gasteiger partial charge in [-0.3, -0.25) is 0 Å². The molecule has 1 aromatic carbocycles. The van der Waals surface area contributed by atoms with Crippen molar-refractivity contribution in [2.45, 2.75) is 31.8 Å². The summed E-state index contributed by atoms with van der Waals surface area (Å²) in [4.78, 5) is 4.25. The molecule has 1 atom stereocenters. The van der Waals surface area contributed by atoms with Gasteiger partial charge in [-0.05, 0) is 12.0 Å². The molecule has 0 aliphatic carbocycles. The Morgan fingerprint density at radius 1 is 1.32 bits per heavy atom. The van der Waals surface area contributed by atoms with Gasteiger partial charge in [-0.2, -0.15) is 5.10 Å². The summed E-state index contributed by atoms with van der Waals surface area (Å²) in [5.74, 6) is 0.957. The van der Waals surface area contributed by atoms with Crippen molar-refractivity contribution in [1.29, 1.82) is 0 Å². The Hall–Kier alpha value is -1.39. The number of hydrogen-bond acceptors (Lipinski definition) is 3. The minimum atomic E-state index is -0.0243. The molecule has 0 aliphatic heterocycles. The number of hydrogen-bond donors (Lipinski definition) is 1. The third kappa shape index (κ3) is 4.04. The van der Waals surface area contributed by atoms with Crippen molar-refractivity contribution in [3.8, 4) is 0 Å². The second-order valence-electron chi connectivity index (χ2n) is 4.41. The van der Waals surface area contributed by atoms with E-state index in [2.05, 4.69) is 22.3 Å². The molecule has 1 unspecified atom stereocenters.